The maximum atomic E-state index is 9.66. The number of rotatable bonds is 4. The number of hydrogen-bond donors (Lipinski definition) is 2. The van der Waals surface area contributed by atoms with Crippen LogP contribution in [0.3, 0.4) is 0 Å². The van der Waals surface area contributed by atoms with Crippen molar-refractivity contribution in [1.29, 1.82) is 0 Å². The Morgan fingerprint density at radius 1 is 1.27 bits per heavy atom. The van der Waals surface area contributed by atoms with Crippen molar-refractivity contribution in [2.75, 3.05) is 0 Å². The molecule has 120 valence electrons. The van der Waals surface area contributed by atoms with Crippen molar-refractivity contribution in [3.8, 4) is 11.5 Å². The highest BCUT2D eigenvalue weighted by Crippen LogP contribution is 2.23. The Labute approximate surface area is 133 Å². The molecule has 0 spiro atoms. The minimum atomic E-state index is -1.53. The molecule has 5 heteroatoms. The lowest BCUT2D eigenvalue weighted by atomic mass is 10.1. The Kier molecular flexibility index (Phi) is 5.79. The van der Waals surface area contributed by atoms with E-state index in [0.29, 0.717) is 13.0 Å². The molecule has 1 fully saturated rings. The van der Waals surface area contributed by atoms with Crippen molar-refractivity contribution < 1.29 is 19.7 Å². The molecule has 1 aliphatic heterocycles. The molecule has 1 saturated heterocycles. The maximum absolute atomic E-state index is 9.66. The van der Waals surface area contributed by atoms with Crippen molar-refractivity contribution in [2.45, 2.75) is 57.3 Å². The van der Waals surface area contributed by atoms with E-state index in [-0.39, 0.29) is 0 Å². The highest BCUT2D eigenvalue weighted by molar-refractivity contribution is 6.83. The zero-order valence-corrected chi connectivity index (χ0v) is 14.3. The van der Waals surface area contributed by atoms with E-state index in [4.69, 9.17) is 9.47 Å². The summed E-state index contributed by atoms with van der Waals surface area (Å²) in [6.45, 7) is 6.91. The van der Waals surface area contributed by atoms with E-state index < -0.39 is 32.7 Å². The predicted molar refractivity (Wildman–Crippen MR) is 87.6 cm³/mol. The maximum Gasteiger partial charge on any atom is 0.181 e. The summed E-state index contributed by atoms with van der Waals surface area (Å²) in [5.41, 5.74) is 4.34. The molecule has 0 aliphatic carbocycles. The van der Waals surface area contributed by atoms with Crippen LogP contribution >= 0.6 is 0 Å². The molecule has 4 nitrogen and oxygen atoms in total. The number of aliphatic hydroxyl groups excluding tert-OH is 2. The summed E-state index contributed by atoms with van der Waals surface area (Å²) in [5, 5.41) is 19.2. The topological polar surface area (TPSA) is 58.9 Å². The fourth-order valence-corrected chi connectivity index (χ4v) is 2.74. The second-order valence-electron chi connectivity index (χ2n) is 6.60. The van der Waals surface area contributed by atoms with Crippen molar-refractivity contribution >= 4 is 8.07 Å². The van der Waals surface area contributed by atoms with Crippen molar-refractivity contribution in [1.82, 2.24) is 0 Å². The molecule has 0 bridgehead atoms. The summed E-state index contributed by atoms with van der Waals surface area (Å²) in [6, 6.07) is 9.85. The number of benzene rings is 1. The highest BCUT2D eigenvalue weighted by Gasteiger charge is 2.37. The van der Waals surface area contributed by atoms with Crippen molar-refractivity contribution in [3.63, 3.8) is 0 Å². The molecule has 1 aromatic carbocycles. The Morgan fingerprint density at radius 3 is 2.50 bits per heavy atom. The fourth-order valence-electron chi connectivity index (χ4n) is 2.16. The van der Waals surface area contributed by atoms with Gasteiger partial charge in [0.25, 0.3) is 0 Å². The van der Waals surface area contributed by atoms with Gasteiger partial charge in [-0.2, -0.15) is 0 Å². The predicted octanol–water partition coefficient (Wildman–Crippen LogP) is 1.92. The van der Waals surface area contributed by atoms with Crippen LogP contribution in [0.2, 0.25) is 19.6 Å². The number of aliphatic hydroxyl groups is 2. The van der Waals surface area contributed by atoms with Crippen LogP contribution in [0.5, 0.6) is 0 Å². The van der Waals surface area contributed by atoms with Gasteiger partial charge in [0.1, 0.15) is 26.4 Å². The van der Waals surface area contributed by atoms with Crippen LogP contribution in [0, 0.1) is 11.5 Å². The summed E-state index contributed by atoms with van der Waals surface area (Å²) in [5.74, 6) is 3.16. The first-order valence-corrected chi connectivity index (χ1v) is 11.0. The van der Waals surface area contributed by atoms with Crippen LogP contribution in [0.1, 0.15) is 12.0 Å². The molecule has 2 N–H and O–H groups in total. The zero-order chi connectivity index (χ0) is 16.2. The van der Waals surface area contributed by atoms with Crippen LogP contribution < -0.4 is 0 Å². The molecule has 2 rings (SSSR count). The molecule has 1 aliphatic rings. The van der Waals surface area contributed by atoms with Gasteiger partial charge in [-0.1, -0.05) is 55.9 Å². The molecule has 1 heterocycles. The minimum absolute atomic E-state index is 0.334. The van der Waals surface area contributed by atoms with Gasteiger partial charge in [-0.3, -0.25) is 0 Å². The van der Waals surface area contributed by atoms with Gasteiger partial charge in [0.2, 0.25) is 0 Å². The van der Waals surface area contributed by atoms with Gasteiger partial charge in [0, 0.05) is 6.42 Å². The first-order chi connectivity index (χ1) is 10.3. The number of ether oxygens (including phenoxy) is 2. The SMILES string of the molecule is C[Si](C)(C)C#C[C@H](OCc1ccccc1)[C@H]1C[C@@H](O)[C@@H](O)O1. The van der Waals surface area contributed by atoms with Crippen LogP contribution in [-0.4, -0.2) is 42.9 Å². The number of hydrogen-bond acceptors (Lipinski definition) is 4. The quantitative estimate of drug-likeness (QED) is 0.657. The summed E-state index contributed by atoms with van der Waals surface area (Å²) in [6.07, 6.45) is -2.54. The van der Waals surface area contributed by atoms with Gasteiger partial charge < -0.3 is 19.7 Å². The van der Waals surface area contributed by atoms with E-state index in [1.165, 1.54) is 0 Å². The third kappa shape index (κ3) is 5.23. The molecular formula is C17H24O4Si. The van der Waals surface area contributed by atoms with Gasteiger partial charge in [-0.15, -0.1) is 5.54 Å². The van der Waals surface area contributed by atoms with Crippen LogP contribution in [0.25, 0.3) is 0 Å². The Balaban J connectivity index is 2.06. The van der Waals surface area contributed by atoms with Crippen LogP contribution in [0.15, 0.2) is 30.3 Å². The third-order valence-corrected chi connectivity index (χ3v) is 4.21. The summed E-state index contributed by atoms with van der Waals surface area (Å²) in [7, 11) is -1.53. The van der Waals surface area contributed by atoms with E-state index in [0.717, 1.165) is 5.56 Å². The fraction of sp³-hybridized carbons (Fsp3) is 0.529. The van der Waals surface area contributed by atoms with Gasteiger partial charge in [-0.05, 0) is 5.56 Å². The summed E-state index contributed by atoms with van der Waals surface area (Å²) < 4.78 is 11.3. The summed E-state index contributed by atoms with van der Waals surface area (Å²) >= 11 is 0. The van der Waals surface area contributed by atoms with Crippen molar-refractivity contribution in [3.05, 3.63) is 35.9 Å². The van der Waals surface area contributed by atoms with Crippen molar-refractivity contribution in [2.24, 2.45) is 0 Å². The average Bonchev–Trinajstić information content (AvgIpc) is 2.78. The van der Waals surface area contributed by atoms with E-state index in [9.17, 15) is 10.2 Å². The van der Waals surface area contributed by atoms with Crippen LogP contribution in [0.4, 0.5) is 0 Å². The standard InChI is InChI=1S/C17H24O4Si/c1-22(2,3)10-9-15(16-11-14(18)17(19)21-16)20-12-13-7-5-4-6-8-13/h4-8,14-19H,11-12H2,1-3H3/t14-,15+,16-,17+/m1/s1. The first kappa shape index (κ1) is 17.2. The van der Waals surface area contributed by atoms with Gasteiger partial charge >= 0.3 is 0 Å². The van der Waals surface area contributed by atoms with E-state index in [1.807, 2.05) is 30.3 Å². The lowest BCUT2D eigenvalue weighted by molar-refractivity contribution is -0.146. The second kappa shape index (κ2) is 7.40. The van der Waals surface area contributed by atoms with Gasteiger partial charge in [0.15, 0.2) is 6.29 Å². The Morgan fingerprint density at radius 2 is 1.95 bits per heavy atom. The molecule has 1 aromatic rings. The molecule has 0 saturated carbocycles. The lowest BCUT2D eigenvalue weighted by Gasteiger charge is -2.19. The van der Waals surface area contributed by atoms with E-state index in [2.05, 4.69) is 31.1 Å². The molecular weight excluding hydrogens is 296 g/mol. The largest absolute Gasteiger partial charge is 0.388 e. The van der Waals surface area contributed by atoms with Crippen LogP contribution in [-0.2, 0) is 16.1 Å². The zero-order valence-electron chi connectivity index (χ0n) is 13.3. The Bertz CT molecular complexity index is 519. The molecule has 0 unspecified atom stereocenters. The summed E-state index contributed by atoms with van der Waals surface area (Å²) in [4.78, 5) is 0. The smallest absolute Gasteiger partial charge is 0.181 e. The minimum Gasteiger partial charge on any atom is -0.388 e. The van der Waals surface area contributed by atoms with E-state index >= 15 is 0 Å². The lowest BCUT2D eigenvalue weighted by Crippen LogP contribution is -2.29. The molecule has 0 aromatic heterocycles. The Hall–Kier alpha value is -1.16. The first-order valence-electron chi connectivity index (χ1n) is 7.55. The van der Waals surface area contributed by atoms with Gasteiger partial charge in [-0.25, -0.2) is 0 Å². The second-order valence-corrected chi connectivity index (χ2v) is 11.4. The average molecular weight is 320 g/mol. The molecule has 0 radical (unpaired) electrons. The monoisotopic (exact) mass is 320 g/mol. The highest BCUT2D eigenvalue weighted by atomic mass is 28.3. The third-order valence-electron chi connectivity index (χ3n) is 3.32. The molecule has 22 heavy (non-hydrogen) atoms. The van der Waals surface area contributed by atoms with Gasteiger partial charge in [0.05, 0.1) is 6.61 Å². The molecule has 4 atom stereocenters. The van der Waals surface area contributed by atoms with E-state index in [1.54, 1.807) is 0 Å². The molecule has 0 amide bonds. The normalized spacial score (nSPS) is 26.3.